The second-order valence-corrected chi connectivity index (χ2v) is 6.77. The molecule has 0 saturated carbocycles. The Balaban J connectivity index is 2.92. The van der Waals surface area contributed by atoms with Crippen LogP contribution in [0, 0.1) is 0 Å². The first-order valence-corrected chi connectivity index (χ1v) is 9.34. The number of hydrogen-bond donors (Lipinski definition) is 4. The number of carboxylic acids is 3. The van der Waals surface area contributed by atoms with Gasteiger partial charge < -0.3 is 20.6 Å². The minimum atomic E-state index is -0.922. The van der Waals surface area contributed by atoms with E-state index < -0.39 is 30.0 Å². The molecule has 1 saturated heterocycles. The van der Waals surface area contributed by atoms with Crippen molar-refractivity contribution in [3.8, 4) is 0 Å². The third-order valence-electron chi connectivity index (χ3n) is 4.93. The van der Waals surface area contributed by atoms with E-state index in [0.717, 1.165) is 0 Å². The number of carboxylic acid groups (broad SMARTS) is 3. The molecule has 1 aliphatic rings. The zero-order valence-corrected chi connectivity index (χ0v) is 16.1. The van der Waals surface area contributed by atoms with Crippen molar-refractivity contribution >= 4 is 17.9 Å². The summed E-state index contributed by atoms with van der Waals surface area (Å²) in [6.45, 7) is 7.21. The molecule has 0 amide bonds. The summed E-state index contributed by atoms with van der Waals surface area (Å²) in [5, 5.41) is 31.1. The third-order valence-corrected chi connectivity index (χ3v) is 4.93. The molecule has 2 atom stereocenters. The molecule has 1 rings (SSSR count). The van der Waals surface area contributed by atoms with Crippen molar-refractivity contribution < 1.29 is 29.7 Å². The van der Waals surface area contributed by atoms with Crippen LogP contribution in [0.3, 0.4) is 0 Å². The van der Waals surface area contributed by atoms with Gasteiger partial charge in [0, 0.05) is 52.4 Å². The first-order chi connectivity index (χ1) is 12.8. The second-order valence-electron chi connectivity index (χ2n) is 6.77. The van der Waals surface area contributed by atoms with Crippen LogP contribution in [0.5, 0.6) is 0 Å². The number of nitrogens with zero attached hydrogens (tertiary/aromatic N) is 3. The Kier molecular flexibility index (Phi) is 10.2. The second kappa shape index (κ2) is 11.9. The summed E-state index contributed by atoms with van der Waals surface area (Å²) < 4.78 is 0. The van der Waals surface area contributed by atoms with E-state index in [-0.39, 0.29) is 6.54 Å². The molecule has 0 aliphatic carbocycles. The summed E-state index contributed by atoms with van der Waals surface area (Å²) in [6.07, 6.45) is 0.421. The van der Waals surface area contributed by atoms with E-state index >= 15 is 0 Å². The van der Waals surface area contributed by atoms with Gasteiger partial charge in [-0.25, -0.2) is 0 Å². The van der Waals surface area contributed by atoms with E-state index in [1.54, 1.807) is 18.7 Å². The third kappa shape index (κ3) is 8.21. The molecule has 0 radical (unpaired) electrons. The summed E-state index contributed by atoms with van der Waals surface area (Å²) in [7, 11) is 0. The van der Waals surface area contributed by atoms with Gasteiger partial charge in [0.05, 0.1) is 6.54 Å². The zero-order valence-electron chi connectivity index (χ0n) is 16.1. The van der Waals surface area contributed by atoms with Crippen LogP contribution in [0.2, 0.25) is 0 Å². The van der Waals surface area contributed by atoms with Gasteiger partial charge >= 0.3 is 17.9 Å². The van der Waals surface area contributed by atoms with Crippen molar-refractivity contribution in [2.75, 3.05) is 58.9 Å². The summed E-state index contributed by atoms with van der Waals surface area (Å²) in [4.78, 5) is 39.5. The summed E-state index contributed by atoms with van der Waals surface area (Å²) in [5.74, 6) is -2.75. The number of nitrogens with one attached hydrogen (secondary N) is 1. The van der Waals surface area contributed by atoms with Gasteiger partial charge in [-0.15, -0.1) is 0 Å². The average molecular weight is 388 g/mol. The molecule has 0 bridgehead atoms. The molecule has 4 N–H and O–H groups in total. The lowest BCUT2D eigenvalue weighted by molar-refractivity contribution is -0.145. The highest BCUT2D eigenvalue weighted by atomic mass is 16.4. The topological polar surface area (TPSA) is 134 Å². The number of aliphatic carboxylic acids is 3. The largest absolute Gasteiger partial charge is 0.480 e. The van der Waals surface area contributed by atoms with Gasteiger partial charge in [-0.05, 0) is 13.3 Å². The predicted molar refractivity (Wildman–Crippen MR) is 98.9 cm³/mol. The molecular formula is C17H32N4O6. The minimum absolute atomic E-state index is 0.0957. The van der Waals surface area contributed by atoms with Crippen molar-refractivity contribution in [1.29, 1.82) is 0 Å². The fourth-order valence-electron chi connectivity index (χ4n) is 3.24. The molecule has 1 aliphatic heterocycles. The van der Waals surface area contributed by atoms with Crippen molar-refractivity contribution in [3.05, 3.63) is 0 Å². The fraction of sp³-hybridized carbons (Fsp3) is 0.824. The maximum absolute atomic E-state index is 11.6. The predicted octanol–water partition coefficient (Wildman–Crippen LogP) is -1.08. The molecule has 0 aromatic carbocycles. The minimum Gasteiger partial charge on any atom is -0.480 e. The van der Waals surface area contributed by atoms with Crippen LogP contribution in [0.4, 0.5) is 0 Å². The zero-order chi connectivity index (χ0) is 20.4. The van der Waals surface area contributed by atoms with Gasteiger partial charge in [0.1, 0.15) is 12.1 Å². The van der Waals surface area contributed by atoms with Crippen LogP contribution >= 0.6 is 0 Å². The van der Waals surface area contributed by atoms with Gasteiger partial charge in [0.25, 0.3) is 0 Å². The lowest BCUT2D eigenvalue weighted by atomic mass is 10.1. The van der Waals surface area contributed by atoms with Gasteiger partial charge in [0.2, 0.25) is 0 Å². The van der Waals surface area contributed by atoms with Crippen LogP contribution in [0.15, 0.2) is 0 Å². The first-order valence-electron chi connectivity index (χ1n) is 9.34. The Morgan fingerprint density at radius 1 is 0.889 bits per heavy atom. The van der Waals surface area contributed by atoms with Gasteiger partial charge in [0.15, 0.2) is 0 Å². The Morgan fingerprint density at radius 3 is 2.04 bits per heavy atom. The van der Waals surface area contributed by atoms with Crippen molar-refractivity contribution in [2.24, 2.45) is 0 Å². The standard InChI is InChI=1S/C17H32N4O6/c1-3-14(17(26)27)21-9-8-19(12-15(22)23)6-4-18-5-7-20(10-11-21)13(2)16(24)25/h13-14,18H,3-12H2,1-2H3,(H,22,23)(H,24,25)(H,26,27). The van der Waals surface area contributed by atoms with E-state index in [2.05, 4.69) is 5.32 Å². The van der Waals surface area contributed by atoms with Crippen LogP contribution in [0.25, 0.3) is 0 Å². The molecule has 1 heterocycles. The molecule has 10 heteroatoms. The van der Waals surface area contributed by atoms with E-state index in [1.807, 2.05) is 9.80 Å². The number of carbonyl (C=O) groups is 3. The van der Waals surface area contributed by atoms with Gasteiger partial charge in [-0.2, -0.15) is 0 Å². The van der Waals surface area contributed by atoms with Crippen LogP contribution in [-0.4, -0.2) is 119 Å². The normalized spacial score (nSPS) is 21.6. The molecule has 10 nitrogen and oxygen atoms in total. The van der Waals surface area contributed by atoms with E-state index in [4.69, 9.17) is 5.11 Å². The molecular weight excluding hydrogens is 356 g/mol. The number of rotatable bonds is 7. The molecule has 0 aromatic heterocycles. The fourth-order valence-corrected chi connectivity index (χ4v) is 3.24. The maximum atomic E-state index is 11.6. The Hall–Kier alpha value is -1.75. The highest BCUT2D eigenvalue weighted by Gasteiger charge is 2.27. The van der Waals surface area contributed by atoms with Crippen molar-refractivity contribution in [1.82, 2.24) is 20.0 Å². The summed E-state index contributed by atoms with van der Waals surface area (Å²) in [6, 6.07) is -1.34. The average Bonchev–Trinajstić information content (AvgIpc) is 2.58. The molecule has 1 fully saturated rings. The van der Waals surface area contributed by atoms with Crippen LogP contribution < -0.4 is 5.32 Å². The Labute approximate surface area is 159 Å². The molecule has 27 heavy (non-hydrogen) atoms. The summed E-state index contributed by atoms with van der Waals surface area (Å²) >= 11 is 0. The highest BCUT2D eigenvalue weighted by molar-refractivity contribution is 5.73. The van der Waals surface area contributed by atoms with Gasteiger partial charge in [-0.3, -0.25) is 29.1 Å². The Morgan fingerprint density at radius 2 is 1.48 bits per heavy atom. The Bertz CT molecular complexity index is 504. The monoisotopic (exact) mass is 388 g/mol. The smallest absolute Gasteiger partial charge is 0.320 e. The lowest BCUT2D eigenvalue weighted by Gasteiger charge is -2.34. The maximum Gasteiger partial charge on any atom is 0.320 e. The first kappa shape index (κ1) is 23.3. The van der Waals surface area contributed by atoms with Crippen molar-refractivity contribution in [3.63, 3.8) is 0 Å². The van der Waals surface area contributed by atoms with Gasteiger partial charge in [-0.1, -0.05) is 6.92 Å². The molecule has 2 unspecified atom stereocenters. The lowest BCUT2D eigenvalue weighted by Crippen LogP contribution is -2.52. The van der Waals surface area contributed by atoms with Crippen molar-refractivity contribution in [2.45, 2.75) is 32.4 Å². The van der Waals surface area contributed by atoms with Crippen LogP contribution in [-0.2, 0) is 14.4 Å². The van der Waals surface area contributed by atoms with E-state index in [1.165, 1.54) is 0 Å². The van der Waals surface area contributed by atoms with Crippen LogP contribution in [0.1, 0.15) is 20.3 Å². The molecule has 156 valence electrons. The SMILES string of the molecule is CCC(C(=O)O)N1CCN(CC(=O)O)CCNCCN(C(C)C(=O)O)CC1. The summed E-state index contributed by atoms with van der Waals surface area (Å²) in [5.41, 5.74) is 0. The van der Waals surface area contributed by atoms with E-state index in [9.17, 15) is 24.6 Å². The number of hydrogen-bond acceptors (Lipinski definition) is 7. The molecule has 0 spiro atoms. The quantitative estimate of drug-likeness (QED) is 0.426. The molecule has 0 aromatic rings. The highest BCUT2D eigenvalue weighted by Crippen LogP contribution is 2.08. The van der Waals surface area contributed by atoms with E-state index in [0.29, 0.717) is 58.8 Å².